The summed E-state index contributed by atoms with van der Waals surface area (Å²) < 4.78 is 0. The Labute approximate surface area is 170 Å². The highest BCUT2D eigenvalue weighted by atomic mass is 35.5. The van der Waals surface area contributed by atoms with Gasteiger partial charge in [-0.1, -0.05) is 23.2 Å². The van der Waals surface area contributed by atoms with Gasteiger partial charge in [0.1, 0.15) is 0 Å². The zero-order valence-electron chi connectivity index (χ0n) is 15.4. The quantitative estimate of drug-likeness (QED) is 0.779. The van der Waals surface area contributed by atoms with Gasteiger partial charge < -0.3 is 15.1 Å². The summed E-state index contributed by atoms with van der Waals surface area (Å²) in [7, 11) is 0. The van der Waals surface area contributed by atoms with Crippen molar-refractivity contribution in [1.29, 1.82) is 0 Å². The maximum atomic E-state index is 12.2. The topological polar surface area (TPSA) is 55.9 Å². The lowest BCUT2D eigenvalue weighted by Gasteiger charge is -2.34. The number of rotatable bonds is 6. The number of nitrogens with one attached hydrogen (secondary N) is 1. The molecule has 0 bridgehead atoms. The Bertz CT molecular complexity index is 672. The zero-order chi connectivity index (χ0) is 19.2. The fourth-order valence-electron chi connectivity index (χ4n) is 3.49. The lowest BCUT2D eigenvalue weighted by molar-refractivity contribution is -0.131. The van der Waals surface area contributed by atoms with Gasteiger partial charge >= 0.3 is 0 Å². The number of carbonyl (C=O) groups is 2. The molecule has 2 heterocycles. The van der Waals surface area contributed by atoms with E-state index in [1.54, 1.807) is 18.2 Å². The van der Waals surface area contributed by atoms with E-state index in [1.165, 1.54) is 0 Å². The number of anilines is 1. The number of amides is 2. The molecular weight excluding hydrogens is 387 g/mol. The van der Waals surface area contributed by atoms with E-state index in [4.69, 9.17) is 23.2 Å². The molecule has 0 saturated carbocycles. The second-order valence-corrected chi connectivity index (χ2v) is 7.97. The van der Waals surface area contributed by atoms with E-state index >= 15 is 0 Å². The lowest BCUT2D eigenvalue weighted by Crippen LogP contribution is -2.50. The summed E-state index contributed by atoms with van der Waals surface area (Å²) in [5, 5.41) is 3.83. The van der Waals surface area contributed by atoms with E-state index < -0.39 is 0 Å². The molecule has 2 fully saturated rings. The molecule has 2 saturated heterocycles. The molecule has 1 aromatic rings. The van der Waals surface area contributed by atoms with Crippen LogP contribution in [0.15, 0.2) is 18.2 Å². The summed E-state index contributed by atoms with van der Waals surface area (Å²) >= 11 is 12.0. The van der Waals surface area contributed by atoms with Crippen LogP contribution in [0.1, 0.15) is 19.3 Å². The minimum Gasteiger partial charge on any atom is -0.342 e. The average molecular weight is 413 g/mol. The highest BCUT2D eigenvalue weighted by molar-refractivity contribution is 6.35. The third kappa shape index (κ3) is 6.07. The van der Waals surface area contributed by atoms with Gasteiger partial charge in [0.15, 0.2) is 0 Å². The number of hydrogen-bond acceptors (Lipinski definition) is 4. The van der Waals surface area contributed by atoms with Gasteiger partial charge in [-0.05, 0) is 31.0 Å². The van der Waals surface area contributed by atoms with Gasteiger partial charge in [-0.3, -0.25) is 14.5 Å². The first-order valence-electron chi connectivity index (χ1n) is 9.48. The number of likely N-dealkylation sites (tertiary alicyclic amines) is 1. The van der Waals surface area contributed by atoms with Crippen molar-refractivity contribution in [2.75, 3.05) is 57.7 Å². The van der Waals surface area contributed by atoms with Gasteiger partial charge in [-0.25, -0.2) is 0 Å². The first kappa shape index (κ1) is 20.4. The van der Waals surface area contributed by atoms with Crippen LogP contribution in [-0.2, 0) is 9.59 Å². The highest BCUT2D eigenvalue weighted by Crippen LogP contribution is 2.25. The van der Waals surface area contributed by atoms with Crippen LogP contribution in [0.2, 0.25) is 10.0 Å². The van der Waals surface area contributed by atoms with Gasteiger partial charge in [-0.2, -0.15) is 0 Å². The van der Waals surface area contributed by atoms with Crippen molar-refractivity contribution in [1.82, 2.24) is 14.7 Å². The van der Waals surface area contributed by atoms with Crippen molar-refractivity contribution >= 4 is 40.7 Å². The van der Waals surface area contributed by atoms with Gasteiger partial charge in [0.25, 0.3) is 0 Å². The monoisotopic (exact) mass is 412 g/mol. The molecule has 1 N–H and O–H groups in total. The van der Waals surface area contributed by atoms with Crippen LogP contribution in [0.25, 0.3) is 0 Å². The molecule has 0 spiro atoms. The molecule has 0 atom stereocenters. The third-order valence-electron chi connectivity index (χ3n) is 5.14. The Balaban J connectivity index is 1.36. The number of halogens is 2. The smallest absolute Gasteiger partial charge is 0.236 e. The molecular formula is C19H26Cl2N4O2. The predicted octanol–water partition coefficient (Wildman–Crippen LogP) is 2.56. The van der Waals surface area contributed by atoms with Crippen LogP contribution in [0.5, 0.6) is 0 Å². The van der Waals surface area contributed by atoms with Crippen molar-refractivity contribution in [2.24, 2.45) is 0 Å². The van der Waals surface area contributed by atoms with E-state index in [0.717, 1.165) is 52.1 Å². The second-order valence-electron chi connectivity index (χ2n) is 7.13. The van der Waals surface area contributed by atoms with E-state index in [-0.39, 0.29) is 11.8 Å². The summed E-state index contributed by atoms with van der Waals surface area (Å²) in [6, 6.07) is 5.01. The second kappa shape index (κ2) is 9.73. The Hall–Kier alpha value is -1.34. The molecule has 0 unspecified atom stereocenters. The Morgan fingerprint density at radius 1 is 0.963 bits per heavy atom. The number of hydrogen-bond donors (Lipinski definition) is 1. The van der Waals surface area contributed by atoms with Gasteiger partial charge in [0.2, 0.25) is 11.8 Å². The first-order chi connectivity index (χ1) is 13.0. The molecule has 6 nitrogen and oxygen atoms in total. The number of benzene rings is 1. The van der Waals surface area contributed by atoms with Crippen molar-refractivity contribution in [3.8, 4) is 0 Å². The minimum absolute atomic E-state index is 0.0780. The van der Waals surface area contributed by atoms with E-state index in [2.05, 4.69) is 15.1 Å². The predicted molar refractivity (Wildman–Crippen MR) is 108 cm³/mol. The molecule has 0 radical (unpaired) electrons. The summed E-state index contributed by atoms with van der Waals surface area (Å²) in [5.41, 5.74) is 0.541. The summed E-state index contributed by atoms with van der Waals surface area (Å²) in [6.07, 6.45) is 2.65. The van der Waals surface area contributed by atoms with Crippen LogP contribution in [0.3, 0.4) is 0 Å². The standard InChI is InChI=1S/C19H26Cl2N4O2/c20-15-3-4-16(21)17(13-15)22-18(26)5-8-23-9-11-24(12-10-23)14-19(27)25-6-1-2-7-25/h3-4,13H,1-2,5-12,14H2,(H,22,26). The van der Waals surface area contributed by atoms with Crippen molar-refractivity contribution < 1.29 is 9.59 Å². The third-order valence-corrected chi connectivity index (χ3v) is 5.70. The number of nitrogens with zero attached hydrogens (tertiary/aromatic N) is 3. The Morgan fingerprint density at radius 2 is 1.63 bits per heavy atom. The van der Waals surface area contributed by atoms with Crippen molar-refractivity contribution in [3.05, 3.63) is 28.2 Å². The summed E-state index contributed by atoms with van der Waals surface area (Å²) in [6.45, 7) is 6.49. The molecule has 1 aromatic carbocycles. The largest absolute Gasteiger partial charge is 0.342 e. The van der Waals surface area contributed by atoms with Gasteiger partial charge in [0, 0.05) is 57.3 Å². The molecule has 8 heteroatoms. The average Bonchev–Trinajstić information content (AvgIpc) is 3.19. The van der Waals surface area contributed by atoms with E-state index in [0.29, 0.717) is 35.2 Å². The van der Waals surface area contributed by atoms with Crippen LogP contribution in [-0.4, -0.2) is 78.9 Å². The Kier molecular flexibility index (Phi) is 7.35. The summed E-state index contributed by atoms with van der Waals surface area (Å²) in [4.78, 5) is 30.8. The van der Waals surface area contributed by atoms with E-state index in [9.17, 15) is 9.59 Å². The van der Waals surface area contributed by atoms with Crippen molar-refractivity contribution in [2.45, 2.75) is 19.3 Å². The first-order valence-corrected chi connectivity index (χ1v) is 10.2. The molecule has 0 aromatic heterocycles. The molecule has 27 heavy (non-hydrogen) atoms. The minimum atomic E-state index is -0.0780. The molecule has 148 valence electrons. The molecule has 3 rings (SSSR count). The molecule has 2 aliphatic heterocycles. The van der Waals surface area contributed by atoms with Crippen LogP contribution in [0, 0.1) is 0 Å². The molecule has 0 aliphatic carbocycles. The lowest BCUT2D eigenvalue weighted by atomic mass is 10.2. The number of carbonyl (C=O) groups excluding carboxylic acids is 2. The Morgan fingerprint density at radius 3 is 2.33 bits per heavy atom. The van der Waals surface area contributed by atoms with Crippen LogP contribution in [0.4, 0.5) is 5.69 Å². The number of piperazine rings is 1. The summed E-state index contributed by atoms with van der Waals surface area (Å²) in [5.74, 6) is 0.171. The molecule has 2 aliphatic rings. The van der Waals surface area contributed by atoms with Gasteiger partial charge in [-0.15, -0.1) is 0 Å². The maximum absolute atomic E-state index is 12.2. The fraction of sp³-hybridized carbons (Fsp3) is 0.579. The maximum Gasteiger partial charge on any atom is 0.236 e. The van der Waals surface area contributed by atoms with Gasteiger partial charge in [0.05, 0.1) is 17.3 Å². The SMILES string of the molecule is O=C(CCN1CCN(CC(=O)N2CCCC2)CC1)Nc1cc(Cl)ccc1Cl. The fourth-order valence-corrected chi connectivity index (χ4v) is 3.83. The zero-order valence-corrected chi connectivity index (χ0v) is 16.9. The van der Waals surface area contributed by atoms with Crippen LogP contribution < -0.4 is 5.32 Å². The van der Waals surface area contributed by atoms with Crippen molar-refractivity contribution in [3.63, 3.8) is 0 Å². The van der Waals surface area contributed by atoms with Crippen LogP contribution >= 0.6 is 23.2 Å². The van der Waals surface area contributed by atoms with E-state index in [1.807, 2.05) is 4.90 Å². The highest BCUT2D eigenvalue weighted by Gasteiger charge is 2.23. The molecule has 2 amide bonds. The normalized spacial score (nSPS) is 18.7.